The fourth-order valence-corrected chi connectivity index (χ4v) is 2.02. The van der Waals surface area contributed by atoms with Gasteiger partial charge in [-0.15, -0.1) is 0 Å². The summed E-state index contributed by atoms with van der Waals surface area (Å²) < 4.78 is 0. The van der Waals surface area contributed by atoms with Gasteiger partial charge in [-0.1, -0.05) is 42.5 Å². The van der Waals surface area contributed by atoms with Crippen molar-refractivity contribution >= 4 is 18.7 Å². The molecular weight excluding hydrogens is 236 g/mol. The molecule has 0 aliphatic carbocycles. The van der Waals surface area contributed by atoms with Crippen molar-refractivity contribution in [2.24, 2.45) is 5.10 Å². The van der Waals surface area contributed by atoms with E-state index in [1.165, 1.54) is 0 Å². The van der Waals surface area contributed by atoms with Crippen LogP contribution in [0.2, 0.25) is 0 Å². The van der Waals surface area contributed by atoms with Crippen molar-refractivity contribution in [2.75, 3.05) is 5.01 Å². The Morgan fingerprint density at radius 2 is 1.89 bits per heavy atom. The largest absolute Gasteiger partial charge is 0.298 e. The van der Waals surface area contributed by atoms with Crippen molar-refractivity contribution in [3.63, 3.8) is 0 Å². The molecule has 0 bridgehead atoms. The topological polar surface area (TPSA) is 32.7 Å². The highest BCUT2D eigenvalue weighted by molar-refractivity contribution is 5.80. The predicted octanol–water partition coefficient (Wildman–Crippen LogP) is 3.43. The summed E-state index contributed by atoms with van der Waals surface area (Å²) in [6.45, 7) is 6.17. The molecule has 2 aromatic rings. The highest BCUT2D eigenvalue weighted by atomic mass is 16.1. The van der Waals surface area contributed by atoms with Crippen LogP contribution < -0.4 is 5.01 Å². The Hall–Kier alpha value is -2.42. The molecule has 0 spiro atoms. The number of hydrogen-bond donors (Lipinski definition) is 0. The Balaban J connectivity index is 2.32. The quantitative estimate of drug-likeness (QED) is 0.464. The van der Waals surface area contributed by atoms with Gasteiger partial charge >= 0.3 is 0 Å². The molecule has 0 radical (unpaired) electrons. The van der Waals surface area contributed by atoms with Gasteiger partial charge in [-0.05, 0) is 24.1 Å². The summed E-state index contributed by atoms with van der Waals surface area (Å²) in [5.41, 5.74) is 3.65. The van der Waals surface area contributed by atoms with Crippen molar-refractivity contribution in [2.45, 2.75) is 13.5 Å². The summed E-state index contributed by atoms with van der Waals surface area (Å²) >= 11 is 0. The molecule has 0 aliphatic heterocycles. The predicted molar refractivity (Wildman–Crippen MR) is 78.7 cm³/mol. The number of anilines is 1. The summed E-state index contributed by atoms with van der Waals surface area (Å²) in [6.07, 6.45) is 0.864. The van der Waals surface area contributed by atoms with Crippen LogP contribution in [0.3, 0.4) is 0 Å². The van der Waals surface area contributed by atoms with Crippen LogP contribution in [0.1, 0.15) is 21.5 Å². The molecule has 2 rings (SSSR count). The minimum absolute atomic E-state index is 0.632. The fraction of sp³-hybridized carbons (Fsp3) is 0.125. The first-order valence-electron chi connectivity index (χ1n) is 6.09. The third-order valence-electron chi connectivity index (χ3n) is 3.10. The number of rotatable bonds is 5. The average molecular weight is 252 g/mol. The number of carbonyl (C=O) groups excluding carboxylic acids is 1. The summed E-state index contributed by atoms with van der Waals surface area (Å²) in [5, 5.41) is 5.86. The highest BCUT2D eigenvalue weighted by Crippen LogP contribution is 2.24. The number of hydrazone groups is 1. The monoisotopic (exact) mass is 252 g/mol. The summed E-state index contributed by atoms with van der Waals surface area (Å²) in [5.74, 6) is 0. The molecule has 0 unspecified atom stereocenters. The summed E-state index contributed by atoms with van der Waals surface area (Å²) in [4.78, 5) is 11.0. The molecule has 0 fully saturated rings. The first-order valence-corrected chi connectivity index (χ1v) is 6.09. The minimum atomic E-state index is 0.632. The SMILES string of the molecule is C=NN(Cc1ccccc1)c1cccc(C=O)c1C. The number of hydrogen-bond acceptors (Lipinski definition) is 3. The van der Waals surface area contributed by atoms with E-state index < -0.39 is 0 Å². The van der Waals surface area contributed by atoms with E-state index in [9.17, 15) is 4.79 Å². The van der Waals surface area contributed by atoms with E-state index in [1.54, 1.807) is 11.1 Å². The van der Waals surface area contributed by atoms with E-state index in [0.717, 1.165) is 23.1 Å². The van der Waals surface area contributed by atoms with Crippen LogP contribution in [0.5, 0.6) is 0 Å². The van der Waals surface area contributed by atoms with E-state index >= 15 is 0 Å². The standard InChI is InChI=1S/C16H16N2O/c1-13-15(12-19)9-6-10-16(13)18(17-2)11-14-7-4-3-5-8-14/h3-10,12H,2,11H2,1H3. The van der Waals surface area contributed by atoms with Crippen LogP contribution in [0.15, 0.2) is 53.6 Å². The molecule has 0 aliphatic rings. The average Bonchev–Trinajstić information content (AvgIpc) is 2.46. The minimum Gasteiger partial charge on any atom is -0.298 e. The molecule has 96 valence electrons. The van der Waals surface area contributed by atoms with E-state index in [0.29, 0.717) is 12.1 Å². The zero-order chi connectivity index (χ0) is 13.7. The second kappa shape index (κ2) is 5.96. The van der Waals surface area contributed by atoms with Crippen molar-refractivity contribution in [1.82, 2.24) is 0 Å². The lowest BCUT2D eigenvalue weighted by molar-refractivity contribution is 0.112. The van der Waals surface area contributed by atoms with Gasteiger partial charge in [0.1, 0.15) is 6.29 Å². The smallest absolute Gasteiger partial charge is 0.150 e. The molecule has 19 heavy (non-hydrogen) atoms. The lowest BCUT2D eigenvalue weighted by Gasteiger charge is -2.21. The number of carbonyl (C=O) groups is 1. The Kier molecular flexibility index (Phi) is 4.08. The third kappa shape index (κ3) is 2.88. The maximum atomic E-state index is 11.0. The lowest BCUT2D eigenvalue weighted by Crippen LogP contribution is -2.16. The third-order valence-corrected chi connectivity index (χ3v) is 3.10. The Labute approximate surface area is 113 Å². The maximum Gasteiger partial charge on any atom is 0.150 e. The normalized spacial score (nSPS) is 9.95. The molecule has 0 heterocycles. The lowest BCUT2D eigenvalue weighted by atomic mass is 10.1. The van der Waals surface area contributed by atoms with E-state index in [2.05, 4.69) is 11.8 Å². The molecule has 3 heteroatoms. The molecule has 2 aromatic carbocycles. The molecule has 0 aromatic heterocycles. The molecule has 3 nitrogen and oxygen atoms in total. The van der Waals surface area contributed by atoms with Crippen LogP contribution in [-0.4, -0.2) is 13.0 Å². The zero-order valence-corrected chi connectivity index (χ0v) is 10.9. The van der Waals surface area contributed by atoms with Crippen LogP contribution >= 0.6 is 0 Å². The Bertz CT molecular complexity index is 579. The van der Waals surface area contributed by atoms with Gasteiger partial charge in [-0.25, -0.2) is 0 Å². The van der Waals surface area contributed by atoms with Crippen LogP contribution in [0.4, 0.5) is 5.69 Å². The molecular formula is C16H16N2O. The van der Waals surface area contributed by atoms with Crippen molar-refractivity contribution < 1.29 is 4.79 Å². The van der Waals surface area contributed by atoms with Crippen molar-refractivity contribution in [3.8, 4) is 0 Å². The maximum absolute atomic E-state index is 11.0. The van der Waals surface area contributed by atoms with Crippen molar-refractivity contribution in [1.29, 1.82) is 0 Å². The van der Waals surface area contributed by atoms with Gasteiger partial charge in [0.05, 0.1) is 12.2 Å². The van der Waals surface area contributed by atoms with Crippen LogP contribution in [0, 0.1) is 6.92 Å². The summed E-state index contributed by atoms with van der Waals surface area (Å²) in [6, 6.07) is 15.6. The second-order valence-corrected chi connectivity index (χ2v) is 4.29. The molecule has 0 saturated heterocycles. The van der Waals surface area contributed by atoms with Gasteiger partial charge in [0.25, 0.3) is 0 Å². The Morgan fingerprint density at radius 1 is 1.16 bits per heavy atom. The van der Waals surface area contributed by atoms with E-state index in [-0.39, 0.29) is 0 Å². The van der Waals surface area contributed by atoms with Gasteiger partial charge in [0, 0.05) is 12.3 Å². The number of benzene rings is 2. The molecule has 0 atom stereocenters. The van der Waals surface area contributed by atoms with Gasteiger partial charge < -0.3 is 0 Å². The van der Waals surface area contributed by atoms with Gasteiger partial charge in [-0.3, -0.25) is 9.80 Å². The van der Waals surface area contributed by atoms with Gasteiger partial charge in [-0.2, -0.15) is 5.10 Å². The molecule has 0 saturated carbocycles. The number of nitrogens with zero attached hydrogens (tertiary/aromatic N) is 2. The van der Waals surface area contributed by atoms with Crippen LogP contribution in [0.25, 0.3) is 0 Å². The van der Waals surface area contributed by atoms with Crippen LogP contribution in [-0.2, 0) is 6.54 Å². The first-order chi connectivity index (χ1) is 9.26. The van der Waals surface area contributed by atoms with E-state index in [4.69, 9.17) is 0 Å². The highest BCUT2D eigenvalue weighted by Gasteiger charge is 2.10. The molecule has 0 N–H and O–H groups in total. The fourth-order valence-electron chi connectivity index (χ4n) is 2.02. The second-order valence-electron chi connectivity index (χ2n) is 4.29. The number of aldehydes is 1. The molecule has 0 amide bonds. The summed E-state index contributed by atoms with van der Waals surface area (Å²) in [7, 11) is 0. The Morgan fingerprint density at radius 3 is 2.53 bits per heavy atom. The van der Waals surface area contributed by atoms with Crippen molar-refractivity contribution in [3.05, 3.63) is 65.2 Å². The van der Waals surface area contributed by atoms with Gasteiger partial charge in [0.2, 0.25) is 0 Å². The van der Waals surface area contributed by atoms with E-state index in [1.807, 2.05) is 49.4 Å². The zero-order valence-electron chi connectivity index (χ0n) is 10.9. The van der Waals surface area contributed by atoms with Gasteiger partial charge in [0.15, 0.2) is 0 Å². The first kappa shape index (κ1) is 13.0.